The number of halogens is 1. The molecule has 38 heavy (non-hydrogen) atoms. The molecule has 3 aromatic rings. The topological polar surface area (TPSA) is 113 Å². The number of rotatable bonds is 12. The molecule has 0 spiro atoms. The highest BCUT2D eigenvalue weighted by atomic mass is 35.5. The molecule has 0 fully saturated rings. The molecule has 0 aliphatic carbocycles. The maximum atomic E-state index is 12.8. The summed E-state index contributed by atoms with van der Waals surface area (Å²) in [5.74, 6) is -1.33. The van der Waals surface area contributed by atoms with Crippen LogP contribution in [0.2, 0.25) is 0 Å². The largest absolute Gasteiger partial charge is 0.459 e. The predicted octanol–water partition coefficient (Wildman–Crippen LogP) is 3.87. The van der Waals surface area contributed by atoms with Crippen molar-refractivity contribution < 1.29 is 19.4 Å². The van der Waals surface area contributed by atoms with Crippen molar-refractivity contribution in [1.29, 1.82) is 0 Å². The number of nitrogens with one attached hydrogen (secondary N) is 2. The van der Waals surface area contributed by atoms with Gasteiger partial charge in [0, 0.05) is 30.6 Å². The second-order valence-electron chi connectivity index (χ2n) is 8.73. The van der Waals surface area contributed by atoms with E-state index in [1.54, 1.807) is 12.2 Å². The monoisotopic (exact) mass is 535 g/mol. The maximum absolute atomic E-state index is 12.8. The first-order valence-corrected chi connectivity index (χ1v) is 12.3. The molecular formula is C29H30ClN3O5. The Bertz CT molecular complexity index is 1370. The normalized spacial score (nSPS) is 12.9. The minimum absolute atomic E-state index is 0.0222. The van der Waals surface area contributed by atoms with E-state index in [9.17, 15) is 19.5 Å². The molecule has 0 radical (unpaired) electrons. The SMILES string of the molecule is C=CC(=CC(=C)Cl)c1ccc(CC(CC(O)C(=O)OCc2ccccc2)NC(=O)c2cc(=O)n(C)[nH]2)cc1. The predicted molar refractivity (Wildman–Crippen MR) is 147 cm³/mol. The fourth-order valence-corrected chi connectivity index (χ4v) is 3.92. The number of aryl methyl sites for hydroxylation is 1. The Kier molecular flexibility index (Phi) is 10.0. The van der Waals surface area contributed by atoms with Gasteiger partial charge >= 0.3 is 5.97 Å². The number of aromatic nitrogens is 2. The second kappa shape index (κ2) is 13.4. The molecular weight excluding hydrogens is 506 g/mol. The maximum Gasteiger partial charge on any atom is 0.335 e. The number of ether oxygens (including phenoxy) is 1. The zero-order valence-corrected chi connectivity index (χ0v) is 21.8. The van der Waals surface area contributed by atoms with Gasteiger partial charge in [-0.15, -0.1) is 0 Å². The number of aliphatic hydroxyl groups excluding tert-OH is 1. The quantitative estimate of drug-likeness (QED) is 0.241. The number of carbonyl (C=O) groups is 2. The van der Waals surface area contributed by atoms with Gasteiger partial charge in [-0.25, -0.2) is 4.79 Å². The molecule has 3 N–H and O–H groups in total. The molecule has 0 aliphatic heterocycles. The van der Waals surface area contributed by atoms with Crippen LogP contribution in [0.15, 0.2) is 95.8 Å². The van der Waals surface area contributed by atoms with Crippen molar-refractivity contribution in [2.24, 2.45) is 7.05 Å². The van der Waals surface area contributed by atoms with Crippen LogP contribution in [0.3, 0.4) is 0 Å². The van der Waals surface area contributed by atoms with E-state index in [4.69, 9.17) is 16.3 Å². The summed E-state index contributed by atoms with van der Waals surface area (Å²) in [7, 11) is 1.50. The molecule has 2 unspecified atom stereocenters. The lowest BCUT2D eigenvalue weighted by molar-refractivity contribution is -0.155. The lowest BCUT2D eigenvalue weighted by atomic mass is 9.97. The molecule has 3 rings (SSSR count). The van der Waals surface area contributed by atoms with Crippen LogP contribution in [-0.2, 0) is 29.6 Å². The number of aromatic amines is 1. The van der Waals surface area contributed by atoms with Crippen molar-refractivity contribution in [1.82, 2.24) is 15.1 Å². The number of amides is 1. The molecule has 2 atom stereocenters. The molecule has 1 aromatic heterocycles. The molecule has 1 amide bonds. The Labute approximate surface area is 225 Å². The van der Waals surface area contributed by atoms with Gasteiger partial charge in [0.2, 0.25) is 0 Å². The fraction of sp³-hybridized carbons (Fsp3) is 0.207. The summed E-state index contributed by atoms with van der Waals surface area (Å²) in [5, 5.41) is 16.4. The van der Waals surface area contributed by atoms with E-state index in [1.165, 1.54) is 17.8 Å². The summed E-state index contributed by atoms with van der Waals surface area (Å²) >= 11 is 5.90. The number of aliphatic hydroxyl groups is 1. The van der Waals surface area contributed by atoms with E-state index < -0.39 is 24.0 Å². The zero-order valence-electron chi connectivity index (χ0n) is 21.0. The van der Waals surface area contributed by atoms with Crippen molar-refractivity contribution in [3.05, 3.63) is 124 Å². The van der Waals surface area contributed by atoms with Crippen LogP contribution in [0.5, 0.6) is 0 Å². The van der Waals surface area contributed by atoms with Gasteiger partial charge in [0.25, 0.3) is 11.5 Å². The van der Waals surface area contributed by atoms with Gasteiger partial charge in [0.1, 0.15) is 12.3 Å². The minimum Gasteiger partial charge on any atom is -0.459 e. The second-order valence-corrected chi connectivity index (χ2v) is 9.22. The first-order valence-electron chi connectivity index (χ1n) is 11.9. The number of hydrogen-bond acceptors (Lipinski definition) is 5. The summed E-state index contributed by atoms with van der Waals surface area (Å²) in [4.78, 5) is 37.1. The highest BCUT2D eigenvalue weighted by Gasteiger charge is 2.25. The van der Waals surface area contributed by atoms with Crippen LogP contribution < -0.4 is 10.9 Å². The first kappa shape index (κ1) is 28.4. The van der Waals surface area contributed by atoms with Crippen molar-refractivity contribution in [2.75, 3.05) is 0 Å². The molecule has 0 bridgehead atoms. The third-order valence-electron chi connectivity index (χ3n) is 5.77. The highest BCUT2D eigenvalue weighted by Crippen LogP contribution is 2.20. The fourth-order valence-electron chi connectivity index (χ4n) is 3.80. The number of H-pyrrole nitrogens is 1. The van der Waals surface area contributed by atoms with E-state index >= 15 is 0 Å². The van der Waals surface area contributed by atoms with Gasteiger partial charge in [-0.05, 0) is 34.8 Å². The van der Waals surface area contributed by atoms with Crippen LogP contribution in [-0.4, -0.2) is 38.9 Å². The third kappa shape index (κ3) is 8.19. The molecule has 0 saturated carbocycles. The minimum atomic E-state index is -1.47. The van der Waals surface area contributed by atoms with Crippen molar-refractivity contribution in [2.45, 2.75) is 31.6 Å². The molecule has 8 nitrogen and oxygen atoms in total. The third-order valence-corrected chi connectivity index (χ3v) is 5.88. The van der Waals surface area contributed by atoms with E-state index in [0.29, 0.717) is 11.5 Å². The summed E-state index contributed by atoms with van der Waals surface area (Å²) in [6.45, 7) is 7.50. The summed E-state index contributed by atoms with van der Waals surface area (Å²) in [5.41, 5.74) is 3.01. The molecule has 2 aromatic carbocycles. The Hall–Kier alpha value is -4.14. The summed E-state index contributed by atoms with van der Waals surface area (Å²) in [6.07, 6.45) is 2.11. The lowest BCUT2D eigenvalue weighted by Gasteiger charge is -2.21. The van der Waals surface area contributed by atoms with Gasteiger partial charge in [0.15, 0.2) is 6.10 Å². The van der Waals surface area contributed by atoms with Gasteiger partial charge in [0.05, 0.1) is 0 Å². The van der Waals surface area contributed by atoms with E-state index in [2.05, 4.69) is 23.6 Å². The molecule has 0 saturated heterocycles. The average Bonchev–Trinajstić information content (AvgIpc) is 3.24. The highest BCUT2D eigenvalue weighted by molar-refractivity contribution is 6.31. The van der Waals surface area contributed by atoms with Gasteiger partial charge in [-0.1, -0.05) is 85.4 Å². The van der Waals surface area contributed by atoms with E-state index in [0.717, 1.165) is 22.3 Å². The van der Waals surface area contributed by atoms with Crippen LogP contribution in [0, 0.1) is 0 Å². The van der Waals surface area contributed by atoms with Gasteiger partial charge in [-0.3, -0.25) is 19.4 Å². The van der Waals surface area contributed by atoms with Crippen LogP contribution in [0.25, 0.3) is 5.57 Å². The standard InChI is InChI=1S/C29H30ClN3O5/c1-4-22(14-19(2)30)23-12-10-20(11-13-23)15-24(31-28(36)25-17-27(35)33(3)32-25)16-26(34)29(37)38-18-21-8-6-5-7-9-21/h4-14,17,24,26,32,34H,1-2,15-16,18H2,3H3,(H,31,36). The molecule has 198 valence electrons. The number of hydrogen-bond donors (Lipinski definition) is 3. The Morgan fingerprint density at radius 1 is 1.16 bits per heavy atom. The van der Waals surface area contributed by atoms with Crippen molar-refractivity contribution in [3.8, 4) is 0 Å². The smallest absolute Gasteiger partial charge is 0.335 e. The van der Waals surface area contributed by atoms with Gasteiger partial charge in [-0.2, -0.15) is 0 Å². The van der Waals surface area contributed by atoms with Crippen molar-refractivity contribution >= 4 is 29.1 Å². The summed E-state index contributed by atoms with van der Waals surface area (Å²) in [6, 6.07) is 17.1. The first-order chi connectivity index (χ1) is 18.2. The van der Waals surface area contributed by atoms with E-state index in [-0.39, 0.29) is 24.3 Å². The Morgan fingerprint density at radius 3 is 2.42 bits per heavy atom. The van der Waals surface area contributed by atoms with Crippen LogP contribution in [0.1, 0.15) is 33.6 Å². The Morgan fingerprint density at radius 2 is 1.84 bits per heavy atom. The van der Waals surface area contributed by atoms with Crippen molar-refractivity contribution in [3.63, 3.8) is 0 Å². The number of nitrogens with zero attached hydrogens (tertiary/aromatic N) is 1. The molecule has 0 aliphatic rings. The van der Waals surface area contributed by atoms with Gasteiger partial charge < -0.3 is 15.2 Å². The average molecular weight is 536 g/mol. The molecule has 1 heterocycles. The summed E-state index contributed by atoms with van der Waals surface area (Å²) < 4.78 is 6.43. The van der Waals surface area contributed by atoms with Crippen LogP contribution >= 0.6 is 11.6 Å². The number of carbonyl (C=O) groups excluding carboxylic acids is 2. The van der Waals surface area contributed by atoms with E-state index in [1.807, 2.05) is 54.6 Å². The number of benzene rings is 2. The van der Waals surface area contributed by atoms with Crippen LogP contribution in [0.4, 0.5) is 0 Å². The molecule has 9 heteroatoms. The lowest BCUT2D eigenvalue weighted by Crippen LogP contribution is -2.41. The Balaban J connectivity index is 1.74. The number of allylic oxidation sites excluding steroid dienone is 4. The number of esters is 1. The zero-order chi connectivity index (χ0) is 27.7.